The number of carbonyl (C=O) groups is 3. The van der Waals surface area contributed by atoms with Gasteiger partial charge in [-0.2, -0.15) is 5.10 Å². The number of carbonyl (C=O) groups excluding carboxylic acids is 3. The van der Waals surface area contributed by atoms with Gasteiger partial charge >= 0.3 is 0 Å². The van der Waals surface area contributed by atoms with E-state index in [0.29, 0.717) is 25.9 Å². The quantitative estimate of drug-likeness (QED) is 0.257. The smallest absolute Gasteiger partial charge is 0.223 e. The van der Waals surface area contributed by atoms with E-state index in [9.17, 15) is 14.4 Å². The van der Waals surface area contributed by atoms with Gasteiger partial charge in [-0.3, -0.25) is 14.4 Å². The Morgan fingerprint density at radius 1 is 1.07 bits per heavy atom. The third-order valence-corrected chi connectivity index (χ3v) is 6.99. The normalized spacial score (nSPS) is 13.0. The van der Waals surface area contributed by atoms with Crippen molar-refractivity contribution in [3.8, 4) is 0 Å². The van der Waals surface area contributed by atoms with Crippen LogP contribution in [0.25, 0.3) is 5.65 Å². The second-order valence-corrected chi connectivity index (χ2v) is 10.8. The molecule has 0 aliphatic carbocycles. The highest BCUT2D eigenvalue weighted by molar-refractivity contribution is 5.84. The number of rotatable bonds is 13. The van der Waals surface area contributed by atoms with Crippen LogP contribution >= 0.6 is 0 Å². The summed E-state index contributed by atoms with van der Waals surface area (Å²) in [4.78, 5) is 45.4. The summed E-state index contributed by atoms with van der Waals surface area (Å²) in [7, 11) is 1.86. The lowest BCUT2D eigenvalue weighted by Crippen LogP contribution is -2.36. The zero-order chi connectivity index (χ0) is 31.8. The highest BCUT2D eigenvalue weighted by Crippen LogP contribution is 2.26. The largest absolute Gasteiger partial charge is 0.356 e. The van der Waals surface area contributed by atoms with Gasteiger partial charge in [-0.25, -0.2) is 9.50 Å². The third-order valence-electron chi connectivity index (χ3n) is 6.99. The molecule has 2 N–H and O–H groups in total. The molecular formula is C32H55N7O3. The van der Waals surface area contributed by atoms with E-state index in [1.165, 1.54) is 19.8 Å². The molecule has 1 saturated heterocycles. The highest BCUT2D eigenvalue weighted by atomic mass is 16.2. The summed E-state index contributed by atoms with van der Waals surface area (Å²) >= 11 is 0. The molecule has 10 heteroatoms. The molecule has 1 atom stereocenters. The van der Waals surface area contributed by atoms with Crippen LogP contribution in [-0.4, -0.2) is 81.8 Å². The van der Waals surface area contributed by atoms with Crippen LogP contribution in [0.2, 0.25) is 0 Å². The van der Waals surface area contributed by atoms with Gasteiger partial charge in [0.1, 0.15) is 11.6 Å². The number of fused-ring (bicyclic) bond motifs is 1. The lowest BCUT2D eigenvalue weighted by atomic mass is 10.1. The molecule has 1 aliphatic heterocycles. The molecule has 2 aromatic heterocycles. The summed E-state index contributed by atoms with van der Waals surface area (Å²) in [5.74, 6) is 1.21. The Morgan fingerprint density at radius 2 is 1.71 bits per heavy atom. The number of hydrogen-bond acceptors (Lipinski definition) is 7. The van der Waals surface area contributed by atoms with Gasteiger partial charge in [0.25, 0.3) is 0 Å². The van der Waals surface area contributed by atoms with Crippen molar-refractivity contribution in [2.24, 2.45) is 5.73 Å². The van der Waals surface area contributed by atoms with Gasteiger partial charge in [-0.1, -0.05) is 39.8 Å². The summed E-state index contributed by atoms with van der Waals surface area (Å²) in [6.07, 6.45) is 7.94. The maximum atomic E-state index is 12.1. The number of nitrogens with two attached hydrogens (primary N) is 1. The van der Waals surface area contributed by atoms with Crippen LogP contribution < -0.4 is 10.6 Å². The molecule has 3 heterocycles. The van der Waals surface area contributed by atoms with Crippen molar-refractivity contribution in [2.75, 3.05) is 44.7 Å². The molecule has 42 heavy (non-hydrogen) atoms. The van der Waals surface area contributed by atoms with Crippen LogP contribution in [0.3, 0.4) is 0 Å². The molecule has 0 bridgehead atoms. The van der Waals surface area contributed by atoms with Crippen molar-refractivity contribution in [1.29, 1.82) is 0 Å². The summed E-state index contributed by atoms with van der Waals surface area (Å²) in [5.41, 5.74) is 9.15. The first kappa shape index (κ1) is 36.8. The van der Waals surface area contributed by atoms with E-state index in [2.05, 4.69) is 25.3 Å². The SMILES string of the molecule is C=C(C)CN(CC(C)=O)C(=O)CCCCN.CC.CCC(=O)N(C)[C@@H](CC)c1cc2nc(N3CCCC3)c(C)cn2n1. The zero-order valence-corrected chi connectivity index (χ0v) is 27.4. The van der Waals surface area contributed by atoms with Gasteiger partial charge in [-0.15, -0.1) is 0 Å². The van der Waals surface area contributed by atoms with Crippen molar-refractivity contribution >= 4 is 29.1 Å². The first-order chi connectivity index (χ1) is 20.0. The van der Waals surface area contributed by atoms with Crippen LogP contribution in [-0.2, 0) is 14.4 Å². The maximum Gasteiger partial charge on any atom is 0.223 e. The Hall–Kier alpha value is -3.27. The van der Waals surface area contributed by atoms with E-state index in [-0.39, 0.29) is 30.2 Å². The zero-order valence-electron chi connectivity index (χ0n) is 27.4. The van der Waals surface area contributed by atoms with Crippen LogP contribution in [0.5, 0.6) is 0 Å². The number of aryl methyl sites for hydroxylation is 1. The minimum absolute atomic E-state index is 0.00491. The monoisotopic (exact) mass is 585 g/mol. The van der Waals surface area contributed by atoms with Crippen LogP contribution in [0.1, 0.15) is 104 Å². The van der Waals surface area contributed by atoms with Gasteiger partial charge in [0.2, 0.25) is 11.8 Å². The lowest BCUT2D eigenvalue weighted by molar-refractivity contribution is -0.134. The predicted octanol–water partition coefficient (Wildman–Crippen LogP) is 5.09. The summed E-state index contributed by atoms with van der Waals surface area (Å²) in [5, 5.41) is 4.69. The van der Waals surface area contributed by atoms with E-state index in [0.717, 1.165) is 60.6 Å². The van der Waals surface area contributed by atoms with E-state index in [4.69, 9.17) is 15.8 Å². The average molecular weight is 586 g/mol. The van der Waals surface area contributed by atoms with E-state index in [1.807, 2.05) is 51.5 Å². The van der Waals surface area contributed by atoms with Crippen LogP contribution in [0, 0.1) is 6.92 Å². The molecule has 1 fully saturated rings. The number of unbranched alkanes of at least 4 members (excludes halogenated alkanes) is 1. The fraction of sp³-hybridized carbons (Fsp3) is 0.656. The van der Waals surface area contributed by atoms with E-state index < -0.39 is 0 Å². The molecule has 236 valence electrons. The number of anilines is 1. The van der Waals surface area contributed by atoms with Crippen molar-refractivity contribution in [2.45, 2.75) is 99.5 Å². The van der Waals surface area contributed by atoms with Crippen LogP contribution in [0.15, 0.2) is 24.4 Å². The molecule has 1 aliphatic rings. The fourth-order valence-electron chi connectivity index (χ4n) is 4.94. The molecular weight excluding hydrogens is 530 g/mol. The summed E-state index contributed by atoms with van der Waals surface area (Å²) in [6.45, 7) is 20.5. The first-order valence-corrected chi connectivity index (χ1v) is 15.5. The first-order valence-electron chi connectivity index (χ1n) is 15.5. The molecule has 2 amide bonds. The number of ketones is 1. The lowest BCUT2D eigenvalue weighted by Gasteiger charge is -2.25. The molecule has 0 aromatic carbocycles. The molecule has 0 spiro atoms. The van der Waals surface area contributed by atoms with E-state index in [1.54, 1.807) is 9.80 Å². The number of Topliss-reactive ketones (excluding diaryl/α,β-unsaturated/α-hetero) is 1. The summed E-state index contributed by atoms with van der Waals surface area (Å²) < 4.78 is 1.84. The Morgan fingerprint density at radius 3 is 2.24 bits per heavy atom. The van der Waals surface area contributed by atoms with Gasteiger partial charge in [-0.05, 0) is 59.4 Å². The topological polar surface area (TPSA) is 117 Å². The third kappa shape index (κ3) is 11.2. The van der Waals surface area contributed by atoms with Gasteiger partial charge in [0, 0.05) is 57.4 Å². The molecule has 2 aromatic rings. The van der Waals surface area contributed by atoms with Gasteiger partial charge in [0.05, 0.1) is 18.3 Å². The fourth-order valence-corrected chi connectivity index (χ4v) is 4.94. The van der Waals surface area contributed by atoms with Crippen LogP contribution in [0.4, 0.5) is 5.82 Å². The Balaban J connectivity index is 0.000000430. The average Bonchev–Trinajstić information content (AvgIpc) is 3.63. The number of amides is 2. The molecule has 0 unspecified atom stereocenters. The Labute approximate surface area is 253 Å². The van der Waals surface area contributed by atoms with Gasteiger partial charge in [0.15, 0.2) is 5.65 Å². The molecule has 3 rings (SSSR count). The molecule has 10 nitrogen and oxygen atoms in total. The predicted molar refractivity (Wildman–Crippen MR) is 172 cm³/mol. The maximum absolute atomic E-state index is 12.1. The number of aromatic nitrogens is 3. The Kier molecular flexibility index (Phi) is 16.6. The minimum Gasteiger partial charge on any atom is -0.356 e. The standard InChI is InChI=1S/C18H27N5O.C12H22N2O2.C2H6/c1-5-15(21(4)17(24)6-2)14-11-16-19-18(22-9-7-8-10-22)13(3)12-23(16)20-14;1-10(2)8-14(9-11(3)15)12(16)6-4-5-7-13;1-2/h11-12,15H,5-10H2,1-4H3;1,4-9,13H2,2-3H3;1-2H3/t15-;;/m0../s1. The second-order valence-electron chi connectivity index (χ2n) is 10.8. The van der Waals surface area contributed by atoms with Crippen molar-refractivity contribution in [3.05, 3.63) is 35.7 Å². The molecule has 0 radical (unpaired) electrons. The summed E-state index contributed by atoms with van der Waals surface area (Å²) in [6, 6.07) is 2.02. The van der Waals surface area contributed by atoms with Crippen molar-refractivity contribution in [1.82, 2.24) is 24.4 Å². The minimum atomic E-state index is -0.00609. The number of nitrogens with zero attached hydrogens (tertiary/aromatic N) is 6. The van der Waals surface area contributed by atoms with E-state index >= 15 is 0 Å². The second kappa shape index (κ2) is 19.0. The van der Waals surface area contributed by atoms with Crippen molar-refractivity contribution in [3.63, 3.8) is 0 Å². The highest BCUT2D eigenvalue weighted by Gasteiger charge is 2.23. The van der Waals surface area contributed by atoms with Crippen molar-refractivity contribution < 1.29 is 14.4 Å². The Bertz CT molecular complexity index is 1140. The number of hydrogen-bond donors (Lipinski definition) is 1. The van der Waals surface area contributed by atoms with Gasteiger partial charge < -0.3 is 20.4 Å². The molecule has 0 saturated carbocycles.